The van der Waals surface area contributed by atoms with Crippen LogP contribution in [0.15, 0.2) is 72.9 Å². The molecule has 0 aliphatic carbocycles. The number of halogens is 1. The fraction of sp³-hybridized carbons (Fsp3) is 0.286. The van der Waals surface area contributed by atoms with E-state index >= 15 is 0 Å². The average Bonchev–Trinajstić information content (AvgIpc) is 3.37. The lowest BCUT2D eigenvalue weighted by Crippen LogP contribution is -2.38. The molecule has 32 heavy (non-hydrogen) atoms. The van der Waals surface area contributed by atoms with Crippen molar-refractivity contribution >= 4 is 10.9 Å². The molecule has 0 amide bonds. The second kappa shape index (κ2) is 8.19. The summed E-state index contributed by atoms with van der Waals surface area (Å²) in [7, 11) is 6.26. The minimum absolute atomic E-state index is 0.0225. The summed E-state index contributed by atoms with van der Waals surface area (Å²) in [4.78, 5) is 2.23. The van der Waals surface area contributed by atoms with Gasteiger partial charge in [-0.15, -0.1) is 0 Å². The van der Waals surface area contributed by atoms with Crippen LogP contribution in [-0.2, 0) is 18.4 Å². The Labute approximate surface area is 189 Å². The summed E-state index contributed by atoms with van der Waals surface area (Å²) in [6.45, 7) is 2.81. The molecular formula is C28H29FN2O. The molecule has 3 unspecified atom stereocenters. The molecule has 0 fully saturated rings. The normalized spacial score (nSPS) is 17.6. The van der Waals surface area contributed by atoms with E-state index in [0.717, 1.165) is 5.56 Å². The van der Waals surface area contributed by atoms with Crippen molar-refractivity contribution in [1.82, 2.24) is 9.47 Å². The van der Waals surface area contributed by atoms with Gasteiger partial charge in [0.25, 0.3) is 0 Å². The van der Waals surface area contributed by atoms with E-state index in [4.69, 9.17) is 4.74 Å². The third-order valence-electron chi connectivity index (χ3n) is 6.90. The second-order valence-electron chi connectivity index (χ2n) is 9.14. The van der Waals surface area contributed by atoms with E-state index in [9.17, 15) is 4.39 Å². The molecule has 0 bridgehead atoms. The first kappa shape index (κ1) is 20.9. The van der Waals surface area contributed by atoms with E-state index in [-0.39, 0.29) is 23.9 Å². The first-order valence-corrected chi connectivity index (χ1v) is 11.1. The maximum absolute atomic E-state index is 13.4. The van der Waals surface area contributed by atoms with Crippen molar-refractivity contribution in [2.45, 2.75) is 31.6 Å². The van der Waals surface area contributed by atoms with Gasteiger partial charge in [0.1, 0.15) is 5.82 Å². The van der Waals surface area contributed by atoms with Crippen molar-refractivity contribution in [3.8, 4) is 11.1 Å². The van der Waals surface area contributed by atoms with E-state index in [2.05, 4.69) is 86.2 Å². The van der Waals surface area contributed by atoms with Gasteiger partial charge in [0, 0.05) is 30.2 Å². The molecule has 5 rings (SSSR count). The zero-order valence-electron chi connectivity index (χ0n) is 19.0. The molecule has 0 spiro atoms. The number of nitrogens with zero attached hydrogens (tertiary/aromatic N) is 2. The quantitative estimate of drug-likeness (QED) is 0.372. The minimum atomic E-state index is -0.203. The van der Waals surface area contributed by atoms with Gasteiger partial charge in [-0.3, -0.25) is 0 Å². The molecule has 0 N–H and O–H groups in total. The third kappa shape index (κ3) is 3.64. The van der Waals surface area contributed by atoms with E-state index in [1.54, 1.807) is 0 Å². The lowest BCUT2D eigenvalue weighted by atomic mass is 9.85. The van der Waals surface area contributed by atoms with E-state index in [0.29, 0.717) is 6.61 Å². The van der Waals surface area contributed by atoms with Crippen LogP contribution in [0, 0.1) is 5.82 Å². The number of ether oxygens (including phenoxy) is 1. The van der Waals surface area contributed by atoms with Gasteiger partial charge in [-0.2, -0.15) is 0 Å². The molecule has 3 nitrogen and oxygen atoms in total. The van der Waals surface area contributed by atoms with Crippen LogP contribution in [-0.4, -0.2) is 29.6 Å². The predicted octanol–water partition coefficient (Wildman–Crippen LogP) is 6.29. The largest absolute Gasteiger partial charge is 0.367 e. The van der Waals surface area contributed by atoms with Crippen molar-refractivity contribution in [3.05, 3.63) is 95.4 Å². The highest BCUT2D eigenvalue weighted by Gasteiger charge is 2.36. The number of likely N-dealkylation sites (N-methyl/N-ethyl adjacent to an activating group) is 1. The van der Waals surface area contributed by atoms with Gasteiger partial charge in [-0.1, -0.05) is 37.3 Å². The Bertz CT molecular complexity index is 1260. The molecule has 164 valence electrons. The Morgan fingerprint density at radius 3 is 2.44 bits per heavy atom. The lowest BCUT2D eigenvalue weighted by Gasteiger charge is -2.35. The van der Waals surface area contributed by atoms with Gasteiger partial charge in [0.05, 0.1) is 12.7 Å². The summed E-state index contributed by atoms with van der Waals surface area (Å²) >= 11 is 0. The summed E-state index contributed by atoms with van der Waals surface area (Å²) in [5.41, 5.74) is 7.29. The molecule has 3 atom stereocenters. The summed E-state index contributed by atoms with van der Waals surface area (Å²) in [5.74, 6) is -0.00671. The van der Waals surface area contributed by atoms with Crippen LogP contribution in [0.1, 0.15) is 35.6 Å². The fourth-order valence-electron chi connectivity index (χ4n) is 5.14. The Hall–Kier alpha value is -2.95. The monoisotopic (exact) mass is 428 g/mol. The van der Waals surface area contributed by atoms with Gasteiger partial charge < -0.3 is 14.2 Å². The van der Waals surface area contributed by atoms with Crippen LogP contribution in [0.5, 0.6) is 0 Å². The van der Waals surface area contributed by atoms with Crippen molar-refractivity contribution in [2.75, 3.05) is 14.1 Å². The van der Waals surface area contributed by atoms with Gasteiger partial charge in [-0.05, 0) is 84.2 Å². The predicted molar refractivity (Wildman–Crippen MR) is 128 cm³/mol. The molecule has 1 aromatic heterocycles. The summed E-state index contributed by atoms with van der Waals surface area (Å²) in [6.07, 6.45) is 2.07. The Morgan fingerprint density at radius 2 is 1.69 bits per heavy atom. The number of aromatic nitrogens is 1. The van der Waals surface area contributed by atoms with Gasteiger partial charge >= 0.3 is 0 Å². The smallest absolute Gasteiger partial charge is 0.123 e. The fourth-order valence-corrected chi connectivity index (χ4v) is 5.14. The number of hydrogen-bond acceptors (Lipinski definition) is 2. The van der Waals surface area contributed by atoms with E-state index in [1.165, 1.54) is 45.3 Å². The van der Waals surface area contributed by atoms with Gasteiger partial charge in [0.2, 0.25) is 0 Å². The molecule has 4 heteroatoms. The SMILES string of the molecule is CC(c1ccc(F)cc1)C(C1OCc2cc(-c3ccc4c(ccn4C)c3)ccc21)N(C)C. The Morgan fingerprint density at radius 1 is 0.969 bits per heavy atom. The zero-order valence-corrected chi connectivity index (χ0v) is 19.0. The van der Waals surface area contributed by atoms with Crippen molar-refractivity contribution in [1.29, 1.82) is 0 Å². The van der Waals surface area contributed by atoms with Crippen LogP contribution in [0.25, 0.3) is 22.0 Å². The van der Waals surface area contributed by atoms with Crippen LogP contribution < -0.4 is 0 Å². The number of benzene rings is 3. The molecular weight excluding hydrogens is 399 g/mol. The van der Waals surface area contributed by atoms with Gasteiger partial charge in [0.15, 0.2) is 0 Å². The number of fused-ring (bicyclic) bond motifs is 2. The molecule has 2 heterocycles. The maximum Gasteiger partial charge on any atom is 0.123 e. The number of rotatable bonds is 5. The highest BCUT2D eigenvalue weighted by atomic mass is 19.1. The summed E-state index contributed by atoms with van der Waals surface area (Å²) < 4.78 is 21.9. The maximum atomic E-state index is 13.4. The third-order valence-corrected chi connectivity index (χ3v) is 6.90. The topological polar surface area (TPSA) is 17.4 Å². The number of hydrogen-bond donors (Lipinski definition) is 0. The van der Waals surface area contributed by atoms with Crippen molar-refractivity contribution < 1.29 is 9.13 Å². The number of aryl methyl sites for hydroxylation is 1. The molecule has 1 aliphatic heterocycles. The average molecular weight is 429 g/mol. The Balaban J connectivity index is 1.46. The van der Waals surface area contributed by atoms with Crippen LogP contribution >= 0.6 is 0 Å². The minimum Gasteiger partial charge on any atom is -0.367 e. The van der Waals surface area contributed by atoms with Crippen LogP contribution in [0.2, 0.25) is 0 Å². The molecule has 0 radical (unpaired) electrons. The zero-order chi connectivity index (χ0) is 22.4. The first-order valence-electron chi connectivity index (χ1n) is 11.1. The lowest BCUT2D eigenvalue weighted by molar-refractivity contribution is -0.0000190. The van der Waals surface area contributed by atoms with Gasteiger partial charge in [-0.25, -0.2) is 4.39 Å². The summed E-state index contributed by atoms with van der Waals surface area (Å²) in [5, 5.41) is 1.25. The van der Waals surface area contributed by atoms with E-state index in [1.807, 2.05) is 12.1 Å². The van der Waals surface area contributed by atoms with Crippen LogP contribution in [0.4, 0.5) is 4.39 Å². The highest BCUT2D eigenvalue weighted by molar-refractivity contribution is 5.85. The molecule has 0 saturated heterocycles. The summed E-state index contributed by atoms with van der Waals surface area (Å²) in [6, 6.07) is 22.5. The first-order chi connectivity index (χ1) is 15.4. The molecule has 0 saturated carbocycles. The molecule has 3 aromatic carbocycles. The highest BCUT2D eigenvalue weighted by Crippen LogP contribution is 2.41. The van der Waals surface area contributed by atoms with Crippen molar-refractivity contribution in [3.63, 3.8) is 0 Å². The molecule has 4 aromatic rings. The van der Waals surface area contributed by atoms with Crippen LogP contribution in [0.3, 0.4) is 0 Å². The standard InChI is InChI=1S/C28H29FN2O/c1-18(19-5-9-24(29)10-6-19)27(30(2)3)28-25-11-7-20(16-23(25)17-32-28)21-8-12-26-22(15-21)13-14-31(26)4/h5-16,18,27-28H,17H2,1-4H3. The van der Waals surface area contributed by atoms with Crippen molar-refractivity contribution in [2.24, 2.45) is 7.05 Å². The Kier molecular flexibility index (Phi) is 5.36. The van der Waals surface area contributed by atoms with E-state index < -0.39 is 0 Å². The second-order valence-corrected chi connectivity index (χ2v) is 9.14. The molecule has 1 aliphatic rings.